The maximum atomic E-state index is 13.3. The Bertz CT molecular complexity index is 534. The quantitative estimate of drug-likeness (QED) is 0.885. The minimum Gasteiger partial charge on any atom is -0.476 e. The van der Waals surface area contributed by atoms with Crippen LogP contribution in [0.15, 0.2) is 42.6 Å². The van der Waals surface area contributed by atoms with Crippen LogP contribution in [0.25, 0.3) is 0 Å². The topological polar surface area (TPSA) is 42.2 Å². The molecule has 0 amide bonds. The summed E-state index contributed by atoms with van der Waals surface area (Å²) in [5, 5.41) is 8.97. The summed E-state index contributed by atoms with van der Waals surface area (Å²) in [5.41, 5.74) is 0.631. The van der Waals surface area contributed by atoms with Gasteiger partial charge in [-0.2, -0.15) is 0 Å². The molecule has 1 heterocycles. The van der Waals surface area contributed by atoms with Crippen LogP contribution in [0.3, 0.4) is 0 Å². The van der Waals surface area contributed by atoms with Crippen LogP contribution in [0.4, 0.5) is 4.39 Å². The van der Waals surface area contributed by atoms with E-state index in [9.17, 15) is 9.18 Å². The van der Waals surface area contributed by atoms with Crippen LogP contribution < -0.4 is 0 Å². The lowest BCUT2D eigenvalue weighted by molar-refractivity contribution is 0.0678. The third kappa shape index (κ3) is 2.06. The molecule has 1 aromatic heterocycles. The summed E-state index contributed by atoms with van der Waals surface area (Å²) >= 11 is 0. The van der Waals surface area contributed by atoms with Gasteiger partial charge >= 0.3 is 5.97 Å². The first-order valence-electron chi connectivity index (χ1n) is 5.26. The summed E-state index contributed by atoms with van der Waals surface area (Å²) in [6.07, 6.45) is 1.45. The predicted octanol–water partition coefficient (Wildman–Crippen LogP) is 2.93. The molecule has 4 heteroatoms. The van der Waals surface area contributed by atoms with Crippen molar-refractivity contribution < 1.29 is 14.3 Å². The Morgan fingerprint density at radius 3 is 2.53 bits per heavy atom. The molecule has 0 spiro atoms. The monoisotopic (exact) mass is 233 g/mol. The first-order valence-corrected chi connectivity index (χ1v) is 5.26. The van der Waals surface area contributed by atoms with Crippen molar-refractivity contribution in [2.75, 3.05) is 0 Å². The zero-order valence-electron chi connectivity index (χ0n) is 9.30. The number of aromatic nitrogens is 1. The Morgan fingerprint density at radius 2 is 1.94 bits per heavy atom. The summed E-state index contributed by atoms with van der Waals surface area (Å²) in [6, 6.07) is 10.3. The molecule has 0 aliphatic carbocycles. The summed E-state index contributed by atoms with van der Waals surface area (Å²) in [5.74, 6) is -1.96. The third-order valence-corrected chi connectivity index (χ3v) is 2.77. The Labute approximate surface area is 98.1 Å². The van der Waals surface area contributed by atoms with E-state index in [1.54, 1.807) is 0 Å². The van der Waals surface area contributed by atoms with Gasteiger partial charge in [-0.1, -0.05) is 30.3 Å². The van der Waals surface area contributed by atoms with Crippen molar-refractivity contribution >= 4 is 5.97 Å². The average molecular weight is 233 g/mol. The standard InChI is InChI=1S/C13H12FNO2/c1-9(10-5-3-2-4-6-10)15-8-7-11(14)12(15)13(16)17/h2-9H,1H3,(H,16,17). The fourth-order valence-corrected chi connectivity index (χ4v) is 1.85. The number of hydrogen-bond donors (Lipinski definition) is 1. The number of carbonyl (C=O) groups is 1. The molecule has 17 heavy (non-hydrogen) atoms. The number of aromatic carboxylic acids is 1. The van der Waals surface area contributed by atoms with E-state index in [1.807, 2.05) is 37.3 Å². The number of rotatable bonds is 3. The number of carboxylic acids is 1. The second-order valence-electron chi connectivity index (χ2n) is 3.81. The van der Waals surface area contributed by atoms with E-state index in [0.717, 1.165) is 5.56 Å². The van der Waals surface area contributed by atoms with Crippen molar-refractivity contribution in [3.05, 3.63) is 59.7 Å². The van der Waals surface area contributed by atoms with Crippen LogP contribution in [0, 0.1) is 5.82 Å². The van der Waals surface area contributed by atoms with Gasteiger partial charge < -0.3 is 9.67 Å². The molecule has 1 aromatic carbocycles. The molecule has 1 N–H and O–H groups in total. The van der Waals surface area contributed by atoms with Gasteiger partial charge in [0.25, 0.3) is 0 Å². The Hall–Kier alpha value is -2.10. The molecule has 0 saturated heterocycles. The van der Waals surface area contributed by atoms with Crippen molar-refractivity contribution in [3.63, 3.8) is 0 Å². The van der Waals surface area contributed by atoms with Crippen molar-refractivity contribution in [1.82, 2.24) is 4.57 Å². The fourth-order valence-electron chi connectivity index (χ4n) is 1.85. The lowest BCUT2D eigenvalue weighted by Crippen LogP contribution is -2.14. The SMILES string of the molecule is CC(c1ccccc1)n1ccc(F)c1C(=O)O. The van der Waals surface area contributed by atoms with E-state index >= 15 is 0 Å². The second-order valence-corrected chi connectivity index (χ2v) is 3.81. The van der Waals surface area contributed by atoms with Crippen LogP contribution >= 0.6 is 0 Å². The van der Waals surface area contributed by atoms with Crippen LogP contribution in [0.1, 0.15) is 29.0 Å². The number of benzene rings is 1. The highest BCUT2D eigenvalue weighted by molar-refractivity contribution is 5.86. The van der Waals surface area contributed by atoms with Gasteiger partial charge in [0.2, 0.25) is 0 Å². The fraction of sp³-hybridized carbons (Fsp3) is 0.154. The van der Waals surface area contributed by atoms with Gasteiger partial charge in [-0.15, -0.1) is 0 Å². The van der Waals surface area contributed by atoms with Gasteiger partial charge in [-0.3, -0.25) is 0 Å². The van der Waals surface area contributed by atoms with E-state index in [0.29, 0.717) is 0 Å². The molecular formula is C13H12FNO2. The van der Waals surface area contributed by atoms with Gasteiger partial charge in [-0.25, -0.2) is 9.18 Å². The molecule has 0 aliphatic rings. The van der Waals surface area contributed by atoms with Crippen molar-refractivity contribution in [3.8, 4) is 0 Å². The minimum absolute atomic E-state index is 0.216. The van der Waals surface area contributed by atoms with E-state index in [-0.39, 0.29) is 11.7 Å². The van der Waals surface area contributed by atoms with Crippen molar-refractivity contribution in [1.29, 1.82) is 0 Å². The zero-order valence-corrected chi connectivity index (χ0v) is 9.30. The predicted molar refractivity (Wildman–Crippen MR) is 61.6 cm³/mol. The van der Waals surface area contributed by atoms with Gasteiger partial charge in [0.15, 0.2) is 11.5 Å². The average Bonchev–Trinajstić information content (AvgIpc) is 2.71. The molecule has 1 atom stereocenters. The summed E-state index contributed by atoms with van der Waals surface area (Å²) in [4.78, 5) is 11.0. The number of halogens is 1. The summed E-state index contributed by atoms with van der Waals surface area (Å²) in [7, 11) is 0. The number of nitrogens with zero attached hydrogens (tertiary/aromatic N) is 1. The normalized spacial score (nSPS) is 12.4. The van der Waals surface area contributed by atoms with Crippen molar-refractivity contribution in [2.45, 2.75) is 13.0 Å². The zero-order chi connectivity index (χ0) is 12.4. The molecule has 0 radical (unpaired) electrons. The molecule has 0 aliphatic heterocycles. The lowest BCUT2D eigenvalue weighted by atomic mass is 10.1. The first-order chi connectivity index (χ1) is 8.11. The molecule has 0 bridgehead atoms. The Balaban J connectivity index is 2.45. The second kappa shape index (κ2) is 4.41. The highest BCUT2D eigenvalue weighted by Crippen LogP contribution is 2.22. The summed E-state index contributed by atoms with van der Waals surface area (Å²) in [6.45, 7) is 1.83. The smallest absolute Gasteiger partial charge is 0.355 e. The first kappa shape index (κ1) is 11.4. The van der Waals surface area contributed by atoms with Gasteiger partial charge in [0, 0.05) is 6.20 Å². The maximum Gasteiger partial charge on any atom is 0.355 e. The van der Waals surface area contributed by atoms with Gasteiger partial charge in [0.1, 0.15) is 0 Å². The van der Waals surface area contributed by atoms with E-state index in [1.165, 1.54) is 16.8 Å². The van der Waals surface area contributed by atoms with Gasteiger partial charge in [-0.05, 0) is 18.6 Å². The Morgan fingerprint density at radius 1 is 1.29 bits per heavy atom. The number of carboxylic acid groups (broad SMARTS) is 1. The minimum atomic E-state index is -1.25. The molecule has 88 valence electrons. The Kier molecular flexibility index (Phi) is 2.95. The van der Waals surface area contributed by atoms with Crippen LogP contribution in [0.5, 0.6) is 0 Å². The molecule has 0 saturated carbocycles. The van der Waals surface area contributed by atoms with Gasteiger partial charge in [0.05, 0.1) is 6.04 Å². The summed E-state index contributed by atoms with van der Waals surface area (Å²) < 4.78 is 14.8. The third-order valence-electron chi connectivity index (χ3n) is 2.77. The van der Waals surface area contributed by atoms with E-state index < -0.39 is 11.8 Å². The largest absolute Gasteiger partial charge is 0.476 e. The molecule has 1 unspecified atom stereocenters. The molecular weight excluding hydrogens is 221 g/mol. The van der Waals surface area contributed by atoms with Crippen LogP contribution in [-0.4, -0.2) is 15.6 Å². The van der Waals surface area contributed by atoms with Crippen molar-refractivity contribution in [2.24, 2.45) is 0 Å². The van der Waals surface area contributed by atoms with Crippen LogP contribution in [-0.2, 0) is 0 Å². The highest BCUT2D eigenvalue weighted by atomic mass is 19.1. The van der Waals surface area contributed by atoms with E-state index in [2.05, 4.69) is 0 Å². The maximum absolute atomic E-state index is 13.3. The highest BCUT2D eigenvalue weighted by Gasteiger charge is 2.20. The molecule has 3 nitrogen and oxygen atoms in total. The van der Waals surface area contributed by atoms with Crippen LogP contribution in [0.2, 0.25) is 0 Å². The van der Waals surface area contributed by atoms with E-state index in [4.69, 9.17) is 5.11 Å². The molecule has 2 rings (SSSR count). The molecule has 2 aromatic rings. The number of hydrogen-bond acceptors (Lipinski definition) is 1. The molecule has 0 fully saturated rings. The lowest BCUT2D eigenvalue weighted by Gasteiger charge is -2.16.